The van der Waals surface area contributed by atoms with Crippen molar-refractivity contribution in [2.45, 2.75) is 13.0 Å². The summed E-state index contributed by atoms with van der Waals surface area (Å²) in [4.78, 5) is 6.38. The first-order valence-electron chi connectivity index (χ1n) is 5.25. The number of nitrogens with one attached hydrogen (secondary N) is 1. The number of nitrogens with zero attached hydrogens (tertiary/aromatic N) is 3. The fourth-order valence-corrected chi connectivity index (χ4v) is 2.14. The van der Waals surface area contributed by atoms with Crippen molar-refractivity contribution in [1.29, 1.82) is 5.26 Å². The molecule has 0 amide bonds. The van der Waals surface area contributed by atoms with E-state index in [1.54, 1.807) is 12.3 Å². The standard InChI is InChI=1S/C11H13ClN4/c1-8-7-16(5-4-14-8)11-10(12)9(6-13)2-3-15-11/h2-3,8,14H,4-5,7H2,1H3. The third-order valence-electron chi connectivity index (χ3n) is 2.66. The van der Waals surface area contributed by atoms with Crippen LogP contribution in [0.1, 0.15) is 12.5 Å². The number of piperazine rings is 1. The van der Waals surface area contributed by atoms with Gasteiger partial charge in [0.2, 0.25) is 0 Å². The Bertz CT molecular complexity index is 426. The highest BCUT2D eigenvalue weighted by molar-refractivity contribution is 6.34. The highest BCUT2D eigenvalue weighted by Gasteiger charge is 2.20. The maximum Gasteiger partial charge on any atom is 0.148 e. The first kappa shape index (κ1) is 11.2. The second-order valence-corrected chi connectivity index (χ2v) is 4.29. The van der Waals surface area contributed by atoms with E-state index in [1.165, 1.54) is 0 Å². The molecular weight excluding hydrogens is 224 g/mol. The quantitative estimate of drug-likeness (QED) is 0.801. The van der Waals surface area contributed by atoms with Crippen LogP contribution in [0.25, 0.3) is 0 Å². The number of nitriles is 1. The van der Waals surface area contributed by atoms with Crippen LogP contribution in [0.3, 0.4) is 0 Å². The predicted octanol–water partition coefficient (Wildman–Crippen LogP) is 1.40. The Morgan fingerprint density at radius 2 is 2.50 bits per heavy atom. The molecule has 4 nitrogen and oxygen atoms in total. The van der Waals surface area contributed by atoms with Gasteiger partial charge in [0.1, 0.15) is 16.9 Å². The van der Waals surface area contributed by atoms with E-state index >= 15 is 0 Å². The molecule has 1 N–H and O–H groups in total. The molecule has 2 heterocycles. The van der Waals surface area contributed by atoms with Gasteiger partial charge in [-0.25, -0.2) is 4.98 Å². The van der Waals surface area contributed by atoms with Crippen molar-refractivity contribution >= 4 is 17.4 Å². The summed E-state index contributed by atoms with van der Waals surface area (Å²) in [6.07, 6.45) is 1.63. The zero-order chi connectivity index (χ0) is 11.5. The summed E-state index contributed by atoms with van der Waals surface area (Å²) in [5.74, 6) is 0.717. The second-order valence-electron chi connectivity index (χ2n) is 3.91. The van der Waals surface area contributed by atoms with E-state index in [0.29, 0.717) is 22.4 Å². The summed E-state index contributed by atoms with van der Waals surface area (Å²) in [5, 5.41) is 12.7. The van der Waals surface area contributed by atoms with Crippen molar-refractivity contribution < 1.29 is 0 Å². The van der Waals surface area contributed by atoms with Crippen LogP contribution in [0.15, 0.2) is 12.3 Å². The second kappa shape index (κ2) is 4.69. The molecular formula is C11H13ClN4. The van der Waals surface area contributed by atoms with E-state index in [4.69, 9.17) is 16.9 Å². The molecule has 1 atom stereocenters. The molecule has 1 fully saturated rings. The van der Waals surface area contributed by atoms with Crippen LogP contribution in [0.4, 0.5) is 5.82 Å². The van der Waals surface area contributed by atoms with E-state index in [0.717, 1.165) is 19.6 Å². The van der Waals surface area contributed by atoms with Gasteiger partial charge < -0.3 is 10.2 Å². The van der Waals surface area contributed by atoms with Gasteiger partial charge >= 0.3 is 0 Å². The average molecular weight is 237 g/mol. The Morgan fingerprint density at radius 3 is 3.19 bits per heavy atom. The zero-order valence-corrected chi connectivity index (χ0v) is 9.83. The fraction of sp³-hybridized carbons (Fsp3) is 0.455. The monoisotopic (exact) mass is 236 g/mol. The molecule has 0 aliphatic carbocycles. The molecule has 0 bridgehead atoms. The topological polar surface area (TPSA) is 52.0 Å². The number of hydrogen-bond donors (Lipinski definition) is 1. The molecule has 1 aromatic heterocycles. The van der Waals surface area contributed by atoms with Crippen LogP contribution in [0.5, 0.6) is 0 Å². The number of halogens is 1. The number of hydrogen-bond acceptors (Lipinski definition) is 4. The lowest BCUT2D eigenvalue weighted by atomic mass is 10.2. The molecule has 1 aliphatic heterocycles. The number of anilines is 1. The van der Waals surface area contributed by atoms with Gasteiger partial charge in [-0.3, -0.25) is 0 Å². The van der Waals surface area contributed by atoms with Gasteiger partial charge in [-0.05, 0) is 13.0 Å². The van der Waals surface area contributed by atoms with E-state index in [2.05, 4.69) is 28.2 Å². The summed E-state index contributed by atoms with van der Waals surface area (Å²) < 4.78 is 0. The molecule has 0 saturated carbocycles. The van der Waals surface area contributed by atoms with Crippen LogP contribution in [0, 0.1) is 11.3 Å². The SMILES string of the molecule is CC1CN(c2nccc(C#N)c2Cl)CCN1. The van der Waals surface area contributed by atoms with E-state index < -0.39 is 0 Å². The molecule has 1 saturated heterocycles. The molecule has 16 heavy (non-hydrogen) atoms. The highest BCUT2D eigenvalue weighted by atomic mass is 35.5. The lowest BCUT2D eigenvalue weighted by Gasteiger charge is -2.33. The van der Waals surface area contributed by atoms with Crippen LogP contribution >= 0.6 is 11.6 Å². The molecule has 1 aliphatic rings. The maximum atomic E-state index is 8.90. The Balaban J connectivity index is 2.30. The van der Waals surface area contributed by atoms with Gasteiger partial charge in [-0.1, -0.05) is 11.6 Å². The minimum absolute atomic E-state index is 0.414. The Morgan fingerprint density at radius 1 is 1.69 bits per heavy atom. The van der Waals surface area contributed by atoms with Crippen molar-refractivity contribution in [1.82, 2.24) is 10.3 Å². The number of aromatic nitrogens is 1. The first-order chi connectivity index (χ1) is 7.72. The predicted molar refractivity (Wildman–Crippen MR) is 63.6 cm³/mol. The Kier molecular flexibility index (Phi) is 3.28. The molecule has 1 aromatic rings. The summed E-state index contributed by atoms with van der Waals surface area (Å²) in [6, 6.07) is 4.12. The third-order valence-corrected chi connectivity index (χ3v) is 3.03. The third kappa shape index (κ3) is 2.11. The molecule has 0 spiro atoms. The normalized spacial score (nSPS) is 20.6. The molecule has 0 aromatic carbocycles. The summed E-state index contributed by atoms with van der Waals surface area (Å²) >= 11 is 6.14. The zero-order valence-electron chi connectivity index (χ0n) is 9.07. The van der Waals surface area contributed by atoms with Crippen molar-refractivity contribution in [2.24, 2.45) is 0 Å². The molecule has 5 heteroatoms. The van der Waals surface area contributed by atoms with E-state index in [-0.39, 0.29) is 0 Å². The fourth-order valence-electron chi connectivity index (χ4n) is 1.86. The minimum Gasteiger partial charge on any atom is -0.353 e. The van der Waals surface area contributed by atoms with Crippen molar-refractivity contribution in [3.63, 3.8) is 0 Å². The van der Waals surface area contributed by atoms with Crippen LogP contribution < -0.4 is 10.2 Å². The molecule has 2 rings (SSSR count). The lowest BCUT2D eigenvalue weighted by Crippen LogP contribution is -2.49. The summed E-state index contributed by atoms with van der Waals surface area (Å²) in [6.45, 7) is 4.76. The number of pyridine rings is 1. The van der Waals surface area contributed by atoms with Crippen LogP contribution in [-0.2, 0) is 0 Å². The van der Waals surface area contributed by atoms with Gasteiger partial charge in [0, 0.05) is 31.9 Å². The summed E-state index contributed by atoms with van der Waals surface area (Å²) in [7, 11) is 0. The van der Waals surface area contributed by atoms with Gasteiger partial charge in [-0.2, -0.15) is 5.26 Å². The van der Waals surface area contributed by atoms with Crippen LogP contribution in [0.2, 0.25) is 5.02 Å². The molecule has 0 radical (unpaired) electrons. The maximum absolute atomic E-state index is 8.90. The van der Waals surface area contributed by atoms with Gasteiger partial charge in [0.15, 0.2) is 0 Å². The van der Waals surface area contributed by atoms with E-state index in [1.807, 2.05) is 0 Å². The van der Waals surface area contributed by atoms with Crippen molar-refractivity contribution in [3.8, 4) is 6.07 Å². The largest absolute Gasteiger partial charge is 0.353 e. The lowest BCUT2D eigenvalue weighted by molar-refractivity contribution is 0.482. The Hall–Kier alpha value is -1.31. The average Bonchev–Trinajstić information content (AvgIpc) is 2.29. The van der Waals surface area contributed by atoms with Crippen molar-refractivity contribution in [2.75, 3.05) is 24.5 Å². The summed E-state index contributed by atoms with van der Waals surface area (Å²) in [5.41, 5.74) is 0.484. The van der Waals surface area contributed by atoms with Gasteiger partial charge in [0.25, 0.3) is 0 Å². The van der Waals surface area contributed by atoms with Gasteiger partial charge in [-0.15, -0.1) is 0 Å². The van der Waals surface area contributed by atoms with Crippen LogP contribution in [-0.4, -0.2) is 30.7 Å². The smallest absolute Gasteiger partial charge is 0.148 e. The van der Waals surface area contributed by atoms with E-state index in [9.17, 15) is 0 Å². The Labute approximate surface area is 99.8 Å². The van der Waals surface area contributed by atoms with Gasteiger partial charge in [0.05, 0.1) is 5.56 Å². The molecule has 84 valence electrons. The minimum atomic E-state index is 0.414. The van der Waals surface area contributed by atoms with Crippen molar-refractivity contribution in [3.05, 3.63) is 22.8 Å². The highest BCUT2D eigenvalue weighted by Crippen LogP contribution is 2.26. The number of rotatable bonds is 1. The molecule has 1 unspecified atom stereocenters. The first-order valence-corrected chi connectivity index (χ1v) is 5.63.